The Labute approximate surface area is 131 Å². The Morgan fingerprint density at radius 3 is 2.43 bits per heavy atom. The van der Waals surface area contributed by atoms with Gasteiger partial charge in [-0.3, -0.25) is 4.79 Å². The van der Waals surface area contributed by atoms with E-state index in [1.807, 2.05) is 6.92 Å². The fraction of sp³-hybridized carbons (Fsp3) is 0.562. The van der Waals surface area contributed by atoms with Crippen LogP contribution in [0.2, 0.25) is 0 Å². The Bertz CT molecular complexity index is 456. The molecule has 5 heteroatoms. The molecule has 21 heavy (non-hydrogen) atoms. The lowest BCUT2D eigenvalue weighted by molar-refractivity contribution is -0.126. The molecule has 2 rings (SSSR count). The second kappa shape index (κ2) is 7.76. The lowest BCUT2D eigenvalue weighted by Crippen LogP contribution is -2.43. The van der Waals surface area contributed by atoms with Crippen molar-refractivity contribution in [2.24, 2.45) is 5.73 Å². The molecule has 0 heterocycles. The maximum absolute atomic E-state index is 13.1. The second-order valence-corrected chi connectivity index (χ2v) is 5.82. The summed E-state index contributed by atoms with van der Waals surface area (Å²) >= 11 is 0. The number of carbonyl (C=O) groups excluding carboxylic acids is 1. The first-order valence-corrected chi connectivity index (χ1v) is 7.34. The maximum atomic E-state index is 13.1. The van der Waals surface area contributed by atoms with Crippen LogP contribution >= 0.6 is 12.4 Å². The standard InChI is InChI=1S/C16H23FN2O.ClH/c1-12(18)8-11-19-15(20)16(9-2-3-10-16)13-4-6-14(17)7-5-13;/h4-7,12H,2-3,8-11,18H2,1H3,(H,19,20);1H. The molecule has 1 fully saturated rings. The fourth-order valence-corrected chi connectivity index (χ4v) is 2.98. The lowest BCUT2D eigenvalue weighted by Gasteiger charge is -2.28. The van der Waals surface area contributed by atoms with Crippen LogP contribution in [0.3, 0.4) is 0 Å². The molecule has 118 valence electrons. The van der Waals surface area contributed by atoms with Crippen molar-refractivity contribution < 1.29 is 9.18 Å². The van der Waals surface area contributed by atoms with E-state index in [-0.39, 0.29) is 30.2 Å². The van der Waals surface area contributed by atoms with Crippen molar-refractivity contribution in [2.75, 3.05) is 6.54 Å². The minimum atomic E-state index is -0.481. The number of benzene rings is 1. The zero-order valence-corrected chi connectivity index (χ0v) is 13.2. The van der Waals surface area contributed by atoms with E-state index >= 15 is 0 Å². The van der Waals surface area contributed by atoms with Gasteiger partial charge in [0, 0.05) is 12.6 Å². The van der Waals surface area contributed by atoms with Gasteiger partial charge in [0.25, 0.3) is 0 Å². The zero-order valence-electron chi connectivity index (χ0n) is 12.4. The van der Waals surface area contributed by atoms with Gasteiger partial charge < -0.3 is 11.1 Å². The summed E-state index contributed by atoms with van der Waals surface area (Å²) < 4.78 is 13.1. The summed E-state index contributed by atoms with van der Waals surface area (Å²) in [5, 5.41) is 3.00. The van der Waals surface area contributed by atoms with Gasteiger partial charge in [0.2, 0.25) is 5.91 Å². The molecule has 1 aliphatic carbocycles. The van der Waals surface area contributed by atoms with Crippen molar-refractivity contribution in [3.8, 4) is 0 Å². The number of hydrogen-bond donors (Lipinski definition) is 2. The molecule has 0 spiro atoms. The van der Waals surface area contributed by atoms with Crippen LogP contribution in [0.5, 0.6) is 0 Å². The minimum absolute atomic E-state index is 0. The van der Waals surface area contributed by atoms with Crippen molar-refractivity contribution in [1.29, 1.82) is 0 Å². The van der Waals surface area contributed by atoms with E-state index in [0.29, 0.717) is 6.54 Å². The summed E-state index contributed by atoms with van der Waals surface area (Å²) in [7, 11) is 0. The van der Waals surface area contributed by atoms with E-state index in [2.05, 4.69) is 5.32 Å². The molecule has 0 radical (unpaired) electrons. The van der Waals surface area contributed by atoms with Gasteiger partial charge in [-0.05, 0) is 43.9 Å². The van der Waals surface area contributed by atoms with Gasteiger partial charge in [-0.2, -0.15) is 0 Å². The average molecular weight is 315 g/mol. The first kappa shape index (κ1) is 17.9. The molecular formula is C16H24ClFN2O. The zero-order chi connectivity index (χ0) is 14.6. The van der Waals surface area contributed by atoms with E-state index < -0.39 is 5.41 Å². The van der Waals surface area contributed by atoms with Crippen LogP contribution in [0.15, 0.2) is 24.3 Å². The molecule has 1 aromatic carbocycles. The third-order valence-electron chi connectivity index (χ3n) is 4.17. The number of rotatable bonds is 5. The van der Waals surface area contributed by atoms with E-state index in [9.17, 15) is 9.18 Å². The van der Waals surface area contributed by atoms with Crippen molar-refractivity contribution >= 4 is 18.3 Å². The van der Waals surface area contributed by atoms with Crippen LogP contribution in [-0.4, -0.2) is 18.5 Å². The van der Waals surface area contributed by atoms with Crippen LogP contribution in [0, 0.1) is 5.82 Å². The molecule has 1 atom stereocenters. The highest BCUT2D eigenvalue weighted by molar-refractivity contribution is 5.88. The molecule has 3 N–H and O–H groups in total. The third kappa shape index (κ3) is 4.17. The van der Waals surface area contributed by atoms with Crippen molar-refractivity contribution in [2.45, 2.75) is 50.5 Å². The highest BCUT2D eigenvalue weighted by Gasteiger charge is 2.42. The van der Waals surface area contributed by atoms with E-state index in [4.69, 9.17) is 5.73 Å². The smallest absolute Gasteiger partial charge is 0.230 e. The molecule has 1 unspecified atom stereocenters. The Morgan fingerprint density at radius 1 is 1.33 bits per heavy atom. The molecule has 0 saturated heterocycles. The van der Waals surface area contributed by atoms with Crippen LogP contribution in [0.1, 0.15) is 44.6 Å². The minimum Gasteiger partial charge on any atom is -0.355 e. The highest BCUT2D eigenvalue weighted by Crippen LogP contribution is 2.41. The number of amides is 1. The Morgan fingerprint density at radius 2 is 1.90 bits per heavy atom. The largest absolute Gasteiger partial charge is 0.355 e. The van der Waals surface area contributed by atoms with E-state index in [1.165, 1.54) is 12.1 Å². The van der Waals surface area contributed by atoms with Crippen LogP contribution in [-0.2, 0) is 10.2 Å². The third-order valence-corrected chi connectivity index (χ3v) is 4.17. The molecule has 1 saturated carbocycles. The molecule has 1 amide bonds. The van der Waals surface area contributed by atoms with Crippen molar-refractivity contribution in [3.63, 3.8) is 0 Å². The van der Waals surface area contributed by atoms with Crippen LogP contribution < -0.4 is 11.1 Å². The second-order valence-electron chi connectivity index (χ2n) is 5.82. The number of carbonyl (C=O) groups is 1. The van der Waals surface area contributed by atoms with Gasteiger partial charge in [-0.15, -0.1) is 12.4 Å². The number of halogens is 2. The number of hydrogen-bond acceptors (Lipinski definition) is 2. The first-order valence-electron chi connectivity index (χ1n) is 7.34. The Kier molecular flexibility index (Phi) is 6.62. The van der Waals surface area contributed by atoms with Gasteiger partial charge in [0.15, 0.2) is 0 Å². The summed E-state index contributed by atoms with van der Waals surface area (Å²) in [5.41, 5.74) is 6.14. The Hall–Kier alpha value is -1.13. The molecular weight excluding hydrogens is 291 g/mol. The SMILES string of the molecule is CC(N)CCNC(=O)C1(c2ccc(F)cc2)CCCC1.Cl. The monoisotopic (exact) mass is 314 g/mol. The topological polar surface area (TPSA) is 55.1 Å². The van der Waals surface area contributed by atoms with Crippen molar-refractivity contribution in [3.05, 3.63) is 35.6 Å². The molecule has 0 aliphatic heterocycles. The van der Waals surface area contributed by atoms with E-state index in [0.717, 1.165) is 37.7 Å². The average Bonchev–Trinajstić information content (AvgIpc) is 2.89. The van der Waals surface area contributed by atoms with Gasteiger partial charge in [0.1, 0.15) is 5.82 Å². The molecule has 0 bridgehead atoms. The summed E-state index contributed by atoms with van der Waals surface area (Å²) in [4.78, 5) is 12.6. The quantitative estimate of drug-likeness (QED) is 0.878. The van der Waals surface area contributed by atoms with Crippen molar-refractivity contribution in [1.82, 2.24) is 5.32 Å². The molecule has 3 nitrogen and oxygen atoms in total. The summed E-state index contributed by atoms with van der Waals surface area (Å²) in [6.07, 6.45) is 4.52. The van der Waals surface area contributed by atoms with Gasteiger partial charge in [-0.1, -0.05) is 25.0 Å². The highest BCUT2D eigenvalue weighted by atomic mass is 35.5. The molecule has 1 aromatic rings. The van der Waals surface area contributed by atoms with Gasteiger partial charge in [-0.25, -0.2) is 4.39 Å². The summed E-state index contributed by atoms with van der Waals surface area (Å²) in [6, 6.07) is 6.44. The maximum Gasteiger partial charge on any atom is 0.230 e. The lowest BCUT2D eigenvalue weighted by atomic mass is 9.78. The molecule has 0 aromatic heterocycles. The summed E-state index contributed by atoms with van der Waals surface area (Å²) in [6.45, 7) is 2.52. The predicted octanol–water partition coefficient (Wildman–Crippen LogP) is 2.91. The predicted molar refractivity (Wildman–Crippen MR) is 85.1 cm³/mol. The normalized spacial score (nSPS) is 17.9. The van der Waals surface area contributed by atoms with Crippen LogP contribution in [0.4, 0.5) is 4.39 Å². The van der Waals surface area contributed by atoms with E-state index in [1.54, 1.807) is 12.1 Å². The summed E-state index contributed by atoms with van der Waals surface area (Å²) in [5.74, 6) is -0.207. The molecule has 1 aliphatic rings. The Balaban J connectivity index is 0.00000220. The van der Waals surface area contributed by atoms with Gasteiger partial charge >= 0.3 is 0 Å². The van der Waals surface area contributed by atoms with Crippen LogP contribution in [0.25, 0.3) is 0 Å². The fourth-order valence-electron chi connectivity index (χ4n) is 2.98. The van der Waals surface area contributed by atoms with Gasteiger partial charge in [0.05, 0.1) is 5.41 Å². The first-order chi connectivity index (χ1) is 9.54. The number of nitrogens with one attached hydrogen (secondary N) is 1. The number of nitrogens with two attached hydrogens (primary N) is 1.